The predicted molar refractivity (Wildman–Crippen MR) is 102 cm³/mol. The fourth-order valence-corrected chi connectivity index (χ4v) is 3.10. The van der Waals surface area contributed by atoms with Crippen molar-refractivity contribution in [1.82, 2.24) is 14.9 Å². The first-order chi connectivity index (χ1) is 12.2. The van der Waals surface area contributed by atoms with Crippen LogP contribution in [0.25, 0.3) is 21.9 Å². The van der Waals surface area contributed by atoms with E-state index in [1.165, 1.54) is 0 Å². The highest BCUT2D eigenvalue weighted by molar-refractivity contribution is 6.08. The van der Waals surface area contributed by atoms with Crippen molar-refractivity contribution in [2.45, 2.75) is 39.7 Å². The molecule has 2 aromatic heterocycles. The molecule has 1 N–H and O–H groups in total. The van der Waals surface area contributed by atoms with Gasteiger partial charge in [0.1, 0.15) is 11.9 Å². The summed E-state index contributed by atoms with van der Waals surface area (Å²) in [5.74, 6) is -0.0678. The Morgan fingerprint density at radius 1 is 1.28 bits per heavy atom. The van der Waals surface area contributed by atoms with Crippen LogP contribution in [-0.4, -0.2) is 28.8 Å². The van der Waals surface area contributed by atoms with Crippen molar-refractivity contribution in [1.29, 1.82) is 0 Å². The summed E-state index contributed by atoms with van der Waals surface area (Å²) < 4.78 is 1.95. The molecule has 5 nitrogen and oxygen atoms in total. The van der Waals surface area contributed by atoms with Crippen molar-refractivity contribution in [3.8, 4) is 0 Å². The van der Waals surface area contributed by atoms with Gasteiger partial charge in [-0.25, -0.2) is 4.98 Å². The van der Waals surface area contributed by atoms with Crippen molar-refractivity contribution < 1.29 is 9.59 Å². The molecule has 25 heavy (non-hydrogen) atoms. The summed E-state index contributed by atoms with van der Waals surface area (Å²) in [6, 6.07) is 9.55. The number of nitrogens with one attached hydrogen (secondary N) is 1. The van der Waals surface area contributed by atoms with E-state index in [0.29, 0.717) is 12.8 Å². The van der Waals surface area contributed by atoms with Gasteiger partial charge in [0.05, 0.1) is 11.6 Å². The molecule has 3 rings (SSSR count). The number of rotatable bonds is 5. The van der Waals surface area contributed by atoms with Crippen LogP contribution in [-0.2, 0) is 9.59 Å². The Hall–Kier alpha value is -2.69. The molecule has 0 spiro atoms. The van der Waals surface area contributed by atoms with Gasteiger partial charge in [0.25, 0.3) is 0 Å². The lowest BCUT2D eigenvalue weighted by Gasteiger charge is -2.14. The quantitative estimate of drug-likeness (QED) is 0.719. The van der Waals surface area contributed by atoms with E-state index in [4.69, 9.17) is 0 Å². The lowest BCUT2D eigenvalue weighted by molar-refractivity contribution is -0.121. The first kappa shape index (κ1) is 18.6. The molecule has 0 bridgehead atoms. The first-order valence-corrected chi connectivity index (χ1v) is 8.67. The molecule has 0 radical (unpaired) electrons. The number of nitrogens with zero attached hydrogens (tertiary/aromatic N) is 2. The lowest BCUT2D eigenvalue weighted by atomic mass is 10.1. The molecular formula is C20H25N3O2. The second-order valence-corrected chi connectivity index (χ2v) is 5.63. The topological polar surface area (TPSA) is 64.0 Å². The number of pyridine rings is 1. The number of aryl methyl sites for hydroxylation is 1. The molecule has 0 saturated heterocycles. The van der Waals surface area contributed by atoms with E-state index < -0.39 is 6.04 Å². The van der Waals surface area contributed by atoms with Gasteiger partial charge in [-0.3, -0.25) is 4.79 Å². The van der Waals surface area contributed by atoms with Crippen molar-refractivity contribution in [2.24, 2.45) is 0 Å². The maximum atomic E-state index is 11.7. The molecule has 1 atom stereocenters. The molecule has 1 aromatic carbocycles. The molecule has 0 aliphatic carbocycles. The Labute approximate surface area is 148 Å². The number of benzene rings is 1. The zero-order valence-electron chi connectivity index (χ0n) is 15.2. The fraction of sp³-hybridized carbons (Fsp3) is 0.350. The molecule has 2 heterocycles. The van der Waals surface area contributed by atoms with Crippen molar-refractivity contribution in [3.63, 3.8) is 0 Å². The van der Waals surface area contributed by atoms with E-state index in [2.05, 4.69) is 23.3 Å². The molecule has 1 unspecified atom stereocenters. The third kappa shape index (κ3) is 3.55. The molecule has 0 fully saturated rings. The molecule has 3 aromatic rings. The molecule has 132 valence electrons. The van der Waals surface area contributed by atoms with E-state index in [-0.39, 0.29) is 5.91 Å². The highest BCUT2D eigenvalue weighted by Gasteiger charge is 2.20. The minimum absolute atomic E-state index is 0.0678. The molecule has 0 aliphatic rings. The van der Waals surface area contributed by atoms with Gasteiger partial charge in [-0.2, -0.15) is 0 Å². The maximum absolute atomic E-state index is 11.7. The van der Waals surface area contributed by atoms with E-state index in [9.17, 15) is 9.59 Å². The first-order valence-electron chi connectivity index (χ1n) is 8.67. The Kier molecular flexibility index (Phi) is 6.28. The Bertz CT molecular complexity index is 883. The van der Waals surface area contributed by atoms with Gasteiger partial charge in [0.15, 0.2) is 0 Å². The minimum atomic E-state index is -0.413. The van der Waals surface area contributed by atoms with Crippen molar-refractivity contribution in [2.75, 3.05) is 7.05 Å². The highest BCUT2D eigenvalue weighted by Crippen LogP contribution is 2.33. The van der Waals surface area contributed by atoms with Gasteiger partial charge < -0.3 is 14.7 Å². The average Bonchev–Trinajstić information content (AvgIpc) is 2.99. The van der Waals surface area contributed by atoms with Gasteiger partial charge in [-0.05, 0) is 37.1 Å². The molecular weight excluding hydrogens is 314 g/mol. The standard InChI is InChI=1S/C18H19N3O2.C2H6/c1-12-5-3-7-15-17(12)14-6-4-10-20-18(14)21(15)13(11-22)8-9-16(23)19-2;1-2/h3-7,10-11,13H,8-9H2,1-2H3,(H,19,23);1-2H3. The van der Waals surface area contributed by atoms with Crippen LogP contribution in [0.15, 0.2) is 36.5 Å². The largest absolute Gasteiger partial charge is 0.359 e. The summed E-state index contributed by atoms with van der Waals surface area (Å²) in [6.07, 6.45) is 3.39. The summed E-state index contributed by atoms with van der Waals surface area (Å²) in [7, 11) is 1.60. The maximum Gasteiger partial charge on any atom is 0.219 e. The second-order valence-electron chi connectivity index (χ2n) is 5.63. The van der Waals surface area contributed by atoms with Crippen LogP contribution in [0.3, 0.4) is 0 Å². The monoisotopic (exact) mass is 339 g/mol. The van der Waals surface area contributed by atoms with Gasteiger partial charge in [0, 0.05) is 30.4 Å². The van der Waals surface area contributed by atoms with E-state index >= 15 is 0 Å². The van der Waals surface area contributed by atoms with Gasteiger partial charge in [-0.15, -0.1) is 0 Å². The number of carbonyl (C=O) groups excluding carboxylic acids is 2. The SMILES string of the molecule is CC.CNC(=O)CCC(C=O)n1c2cccc(C)c2c2cccnc21. The lowest BCUT2D eigenvalue weighted by Crippen LogP contribution is -2.20. The molecule has 0 aliphatic heterocycles. The Balaban J connectivity index is 0.00000109. The fourth-order valence-electron chi connectivity index (χ4n) is 3.10. The molecule has 1 amide bonds. The van der Waals surface area contributed by atoms with Crippen LogP contribution in [0.1, 0.15) is 38.3 Å². The van der Waals surface area contributed by atoms with Crippen LogP contribution in [0.2, 0.25) is 0 Å². The summed E-state index contributed by atoms with van der Waals surface area (Å²) in [4.78, 5) is 27.7. The number of aromatic nitrogens is 2. The molecule has 5 heteroatoms. The van der Waals surface area contributed by atoms with Crippen LogP contribution < -0.4 is 5.32 Å². The Morgan fingerprint density at radius 2 is 2.04 bits per heavy atom. The van der Waals surface area contributed by atoms with Gasteiger partial charge in [-0.1, -0.05) is 26.0 Å². The number of hydrogen-bond acceptors (Lipinski definition) is 3. The van der Waals surface area contributed by atoms with E-state index in [0.717, 1.165) is 33.8 Å². The van der Waals surface area contributed by atoms with E-state index in [1.54, 1.807) is 13.2 Å². The number of amides is 1. The van der Waals surface area contributed by atoms with Gasteiger partial charge >= 0.3 is 0 Å². The summed E-state index contributed by atoms with van der Waals surface area (Å²) in [5.41, 5.74) is 2.91. The predicted octanol–water partition coefficient (Wildman–Crippen LogP) is 3.79. The zero-order valence-corrected chi connectivity index (χ0v) is 15.2. The average molecular weight is 339 g/mol. The third-order valence-electron chi connectivity index (χ3n) is 4.23. The molecule has 0 saturated carbocycles. The highest BCUT2D eigenvalue weighted by atomic mass is 16.1. The smallest absolute Gasteiger partial charge is 0.219 e. The van der Waals surface area contributed by atoms with Gasteiger partial charge in [0.2, 0.25) is 5.91 Å². The normalized spacial score (nSPS) is 11.7. The van der Waals surface area contributed by atoms with Crippen LogP contribution >= 0.6 is 0 Å². The third-order valence-corrected chi connectivity index (χ3v) is 4.23. The van der Waals surface area contributed by atoms with Crippen LogP contribution in [0.5, 0.6) is 0 Å². The van der Waals surface area contributed by atoms with Crippen molar-refractivity contribution in [3.05, 3.63) is 42.1 Å². The van der Waals surface area contributed by atoms with Crippen LogP contribution in [0.4, 0.5) is 0 Å². The zero-order chi connectivity index (χ0) is 18.4. The second kappa shape index (κ2) is 8.42. The van der Waals surface area contributed by atoms with E-state index in [1.807, 2.05) is 42.7 Å². The summed E-state index contributed by atoms with van der Waals surface area (Å²) in [5, 5.41) is 4.74. The number of hydrogen-bond donors (Lipinski definition) is 1. The number of aldehydes is 1. The summed E-state index contributed by atoms with van der Waals surface area (Å²) in [6.45, 7) is 6.06. The minimum Gasteiger partial charge on any atom is -0.359 e. The van der Waals surface area contributed by atoms with Crippen molar-refractivity contribution >= 4 is 34.1 Å². The summed E-state index contributed by atoms with van der Waals surface area (Å²) >= 11 is 0. The Morgan fingerprint density at radius 3 is 2.72 bits per heavy atom. The van der Waals surface area contributed by atoms with Crippen LogP contribution in [0, 0.1) is 6.92 Å². The number of fused-ring (bicyclic) bond motifs is 3. The number of carbonyl (C=O) groups is 2.